The number of hydrogen-bond donors (Lipinski definition) is 1. The summed E-state index contributed by atoms with van der Waals surface area (Å²) in [5, 5.41) is 10.5. The Morgan fingerprint density at radius 2 is 2.30 bits per heavy atom. The van der Waals surface area contributed by atoms with Crippen molar-refractivity contribution in [1.29, 1.82) is 0 Å². The SMILES string of the molecule is O=C(c1cc(Cl)ccc1F)N1CCCC1CC(O)c1ccco1. The molecule has 6 heteroatoms. The second-order valence-corrected chi connectivity index (χ2v) is 6.12. The van der Waals surface area contributed by atoms with Gasteiger partial charge in [-0.2, -0.15) is 0 Å². The predicted molar refractivity (Wildman–Crippen MR) is 83.8 cm³/mol. The topological polar surface area (TPSA) is 53.7 Å². The van der Waals surface area contributed by atoms with Crippen LogP contribution in [0.2, 0.25) is 5.02 Å². The number of rotatable bonds is 4. The van der Waals surface area contributed by atoms with Crippen molar-refractivity contribution < 1.29 is 18.7 Å². The number of amides is 1. The van der Waals surface area contributed by atoms with Crippen LogP contribution in [0, 0.1) is 5.82 Å². The van der Waals surface area contributed by atoms with Crippen LogP contribution in [-0.2, 0) is 0 Å². The van der Waals surface area contributed by atoms with Crippen molar-refractivity contribution in [1.82, 2.24) is 4.90 Å². The van der Waals surface area contributed by atoms with Gasteiger partial charge in [-0.3, -0.25) is 4.79 Å². The third kappa shape index (κ3) is 3.41. The van der Waals surface area contributed by atoms with Crippen LogP contribution in [0.25, 0.3) is 0 Å². The van der Waals surface area contributed by atoms with Crippen LogP contribution in [0.5, 0.6) is 0 Å². The predicted octanol–water partition coefficient (Wildman–Crippen LogP) is 3.80. The highest BCUT2D eigenvalue weighted by molar-refractivity contribution is 6.31. The van der Waals surface area contributed by atoms with Crippen molar-refractivity contribution in [2.75, 3.05) is 6.54 Å². The molecule has 4 nitrogen and oxygen atoms in total. The second-order valence-electron chi connectivity index (χ2n) is 5.69. The number of halogens is 2. The number of carbonyl (C=O) groups is 1. The summed E-state index contributed by atoms with van der Waals surface area (Å²) in [5.41, 5.74) is -0.0307. The molecule has 0 saturated carbocycles. The van der Waals surface area contributed by atoms with Gasteiger partial charge in [0.25, 0.3) is 5.91 Å². The molecule has 3 rings (SSSR count). The maximum absolute atomic E-state index is 13.9. The minimum absolute atomic E-state index is 0.0307. The van der Waals surface area contributed by atoms with Crippen LogP contribution in [0.3, 0.4) is 0 Å². The fraction of sp³-hybridized carbons (Fsp3) is 0.353. The first-order valence-corrected chi connectivity index (χ1v) is 7.91. The lowest BCUT2D eigenvalue weighted by Crippen LogP contribution is -2.37. The van der Waals surface area contributed by atoms with Crippen molar-refractivity contribution in [3.8, 4) is 0 Å². The van der Waals surface area contributed by atoms with E-state index in [0.717, 1.165) is 12.8 Å². The maximum Gasteiger partial charge on any atom is 0.257 e. The molecule has 1 aliphatic heterocycles. The summed E-state index contributed by atoms with van der Waals surface area (Å²) in [7, 11) is 0. The largest absolute Gasteiger partial charge is 0.467 e. The molecule has 1 N–H and O–H groups in total. The van der Waals surface area contributed by atoms with Gasteiger partial charge < -0.3 is 14.4 Å². The molecule has 2 unspecified atom stereocenters. The van der Waals surface area contributed by atoms with E-state index in [1.165, 1.54) is 24.5 Å². The van der Waals surface area contributed by atoms with Crippen LogP contribution in [0.4, 0.5) is 4.39 Å². The summed E-state index contributed by atoms with van der Waals surface area (Å²) < 4.78 is 19.1. The van der Waals surface area contributed by atoms with Gasteiger partial charge in [-0.1, -0.05) is 11.6 Å². The van der Waals surface area contributed by atoms with Gasteiger partial charge in [0.05, 0.1) is 11.8 Å². The Morgan fingerprint density at radius 3 is 3.04 bits per heavy atom. The number of likely N-dealkylation sites (tertiary alicyclic amines) is 1. The summed E-state index contributed by atoms with van der Waals surface area (Å²) in [5.74, 6) is -0.506. The lowest BCUT2D eigenvalue weighted by atomic mass is 10.0. The van der Waals surface area contributed by atoms with E-state index in [9.17, 15) is 14.3 Å². The van der Waals surface area contributed by atoms with Crippen molar-refractivity contribution in [3.63, 3.8) is 0 Å². The monoisotopic (exact) mass is 337 g/mol. The number of hydrogen-bond acceptors (Lipinski definition) is 3. The molecule has 1 aliphatic rings. The maximum atomic E-state index is 13.9. The zero-order valence-electron chi connectivity index (χ0n) is 12.4. The molecule has 0 radical (unpaired) electrons. The van der Waals surface area contributed by atoms with E-state index < -0.39 is 11.9 Å². The fourth-order valence-corrected chi connectivity index (χ4v) is 3.19. The normalized spacial score (nSPS) is 19.1. The number of nitrogens with zero attached hydrogens (tertiary/aromatic N) is 1. The first-order chi connectivity index (χ1) is 11.1. The smallest absolute Gasteiger partial charge is 0.257 e. The summed E-state index contributed by atoms with van der Waals surface area (Å²) in [4.78, 5) is 14.2. The molecule has 23 heavy (non-hydrogen) atoms. The van der Waals surface area contributed by atoms with Gasteiger partial charge in [-0.05, 0) is 43.2 Å². The Labute approximate surface area is 138 Å². The molecule has 122 valence electrons. The number of carbonyl (C=O) groups excluding carboxylic acids is 1. The van der Waals surface area contributed by atoms with Crippen LogP contribution in [-0.4, -0.2) is 28.5 Å². The number of aliphatic hydroxyl groups is 1. The molecule has 0 bridgehead atoms. The second kappa shape index (κ2) is 6.72. The van der Waals surface area contributed by atoms with Crippen LogP contribution >= 0.6 is 11.6 Å². The Morgan fingerprint density at radius 1 is 1.48 bits per heavy atom. The highest BCUT2D eigenvalue weighted by Gasteiger charge is 2.32. The van der Waals surface area contributed by atoms with E-state index >= 15 is 0 Å². The molecule has 1 amide bonds. The van der Waals surface area contributed by atoms with Gasteiger partial charge in [0, 0.05) is 24.0 Å². The van der Waals surface area contributed by atoms with E-state index in [2.05, 4.69) is 0 Å². The summed E-state index contributed by atoms with van der Waals surface area (Å²) in [6.07, 6.45) is 2.67. The molecule has 1 aromatic heterocycles. The Bertz CT molecular complexity index is 689. The summed E-state index contributed by atoms with van der Waals surface area (Å²) in [6.45, 7) is 0.542. The van der Waals surface area contributed by atoms with Gasteiger partial charge in [0.2, 0.25) is 0 Å². The molecule has 2 atom stereocenters. The summed E-state index contributed by atoms with van der Waals surface area (Å²) in [6, 6.07) is 7.20. The fourth-order valence-electron chi connectivity index (χ4n) is 3.02. The van der Waals surface area contributed by atoms with Crippen LogP contribution in [0.1, 0.15) is 41.5 Å². The van der Waals surface area contributed by atoms with Gasteiger partial charge in [0.1, 0.15) is 17.7 Å². The molecule has 1 aromatic carbocycles. The zero-order chi connectivity index (χ0) is 16.4. The van der Waals surface area contributed by atoms with Crippen molar-refractivity contribution in [3.05, 3.63) is 58.8 Å². The third-order valence-electron chi connectivity index (χ3n) is 4.16. The lowest BCUT2D eigenvalue weighted by molar-refractivity contribution is 0.0637. The van der Waals surface area contributed by atoms with Gasteiger partial charge >= 0.3 is 0 Å². The third-order valence-corrected chi connectivity index (χ3v) is 4.40. The van der Waals surface area contributed by atoms with Gasteiger partial charge in [-0.25, -0.2) is 4.39 Å². The molecule has 0 spiro atoms. The Balaban J connectivity index is 1.76. The molecule has 0 aliphatic carbocycles. The first-order valence-electron chi connectivity index (χ1n) is 7.53. The van der Waals surface area contributed by atoms with E-state index in [4.69, 9.17) is 16.0 Å². The zero-order valence-corrected chi connectivity index (χ0v) is 13.2. The van der Waals surface area contributed by atoms with E-state index in [-0.39, 0.29) is 17.5 Å². The van der Waals surface area contributed by atoms with E-state index in [1.54, 1.807) is 17.0 Å². The number of benzene rings is 1. The number of furan rings is 1. The molecular weight excluding hydrogens is 321 g/mol. The van der Waals surface area contributed by atoms with Crippen LogP contribution in [0.15, 0.2) is 41.0 Å². The highest BCUT2D eigenvalue weighted by atomic mass is 35.5. The van der Waals surface area contributed by atoms with E-state index in [0.29, 0.717) is 23.7 Å². The molecular formula is C17H17ClFNO3. The Hall–Kier alpha value is -1.85. The van der Waals surface area contributed by atoms with Crippen molar-refractivity contribution >= 4 is 17.5 Å². The average molecular weight is 338 g/mol. The minimum Gasteiger partial charge on any atom is -0.467 e. The van der Waals surface area contributed by atoms with Gasteiger partial charge in [-0.15, -0.1) is 0 Å². The molecule has 2 aromatic rings. The van der Waals surface area contributed by atoms with Crippen molar-refractivity contribution in [2.24, 2.45) is 0 Å². The highest BCUT2D eigenvalue weighted by Crippen LogP contribution is 2.29. The Kier molecular flexibility index (Phi) is 4.68. The lowest BCUT2D eigenvalue weighted by Gasteiger charge is -2.26. The molecule has 1 saturated heterocycles. The average Bonchev–Trinajstić information content (AvgIpc) is 3.20. The quantitative estimate of drug-likeness (QED) is 0.923. The first kappa shape index (κ1) is 16.0. The molecule has 2 heterocycles. The van der Waals surface area contributed by atoms with Crippen molar-refractivity contribution in [2.45, 2.75) is 31.4 Å². The number of aliphatic hydroxyl groups excluding tert-OH is 1. The molecule has 1 fully saturated rings. The summed E-state index contributed by atoms with van der Waals surface area (Å²) >= 11 is 5.87. The van der Waals surface area contributed by atoms with Crippen LogP contribution < -0.4 is 0 Å². The van der Waals surface area contributed by atoms with E-state index in [1.807, 2.05) is 0 Å². The standard InChI is InChI=1S/C17H17ClFNO3/c18-11-5-6-14(19)13(9-11)17(22)20-7-1-3-12(20)10-15(21)16-4-2-8-23-16/h2,4-6,8-9,12,15,21H,1,3,7,10H2. The minimum atomic E-state index is -0.785. The van der Waals surface area contributed by atoms with Gasteiger partial charge in [0.15, 0.2) is 0 Å².